The van der Waals surface area contributed by atoms with Crippen molar-refractivity contribution in [3.05, 3.63) is 40.4 Å². The van der Waals surface area contributed by atoms with E-state index in [-0.39, 0.29) is 0 Å². The lowest BCUT2D eigenvalue weighted by molar-refractivity contribution is 0.398. The summed E-state index contributed by atoms with van der Waals surface area (Å²) in [5, 5.41) is 3.21. The van der Waals surface area contributed by atoms with E-state index in [1.807, 2.05) is 25.1 Å². The maximum Gasteiger partial charge on any atom is 0.215 e. The van der Waals surface area contributed by atoms with Crippen LogP contribution in [0.1, 0.15) is 5.56 Å². The highest BCUT2D eigenvalue weighted by Crippen LogP contribution is 2.27. The van der Waals surface area contributed by atoms with Gasteiger partial charge in [-0.25, -0.2) is 0 Å². The van der Waals surface area contributed by atoms with Gasteiger partial charge in [0, 0.05) is 16.2 Å². The molecule has 0 bridgehead atoms. The molecule has 0 spiro atoms. The highest BCUT2D eigenvalue weighted by atomic mass is 79.9. The molecule has 0 aliphatic heterocycles. The topological polar surface area (TPSA) is 60.2 Å². The second-order valence-corrected chi connectivity index (χ2v) is 4.79. The van der Waals surface area contributed by atoms with Crippen molar-refractivity contribution in [1.82, 2.24) is 4.98 Å². The number of pyridine rings is 1. The van der Waals surface area contributed by atoms with Gasteiger partial charge in [-0.1, -0.05) is 15.9 Å². The number of halogens is 1. The van der Waals surface area contributed by atoms with Crippen LogP contribution in [0.15, 0.2) is 34.8 Å². The van der Waals surface area contributed by atoms with Crippen molar-refractivity contribution in [2.45, 2.75) is 6.92 Å². The van der Waals surface area contributed by atoms with Crippen LogP contribution in [0.5, 0.6) is 5.88 Å². The van der Waals surface area contributed by atoms with Gasteiger partial charge in [-0.3, -0.25) is 0 Å². The monoisotopic (exact) mass is 307 g/mol. The lowest BCUT2D eigenvalue weighted by Crippen LogP contribution is -2.01. The minimum absolute atomic E-state index is 0.529. The predicted octanol–water partition coefficient (Wildman–Crippen LogP) is 3.49. The van der Waals surface area contributed by atoms with Crippen molar-refractivity contribution < 1.29 is 4.74 Å². The molecule has 2 rings (SSSR count). The van der Waals surface area contributed by atoms with Crippen LogP contribution in [-0.4, -0.2) is 12.1 Å². The van der Waals surface area contributed by atoms with Crippen LogP contribution in [0.25, 0.3) is 0 Å². The molecular weight excluding hydrogens is 294 g/mol. The molecule has 1 aromatic carbocycles. The van der Waals surface area contributed by atoms with E-state index in [2.05, 4.69) is 26.2 Å². The number of aromatic nitrogens is 1. The predicted molar refractivity (Wildman–Crippen MR) is 77.4 cm³/mol. The first-order valence-electron chi connectivity index (χ1n) is 5.44. The fourth-order valence-corrected chi connectivity index (χ4v) is 2.04. The van der Waals surface area contributed by atoms with Gasteiger partial charge in [-0.2, -0.15) is 4.98 Å². The molecule has 5 heteroatoms. The summed E-state index contributed by atoms with van der Waals surface area (Å²) in [5.74, 6) is 1.13. The number of nitrogen functional groups attached to an aromatic ring is 1. The summed E-state index contributed by atoms with van der Waals surface area (Å²) in [6.45, 7) is 2.02. The molecule has 3 N–H and O–H groups in total. The Morgan fingerprint density at radius 1 is 1.28 bits per heavy atom. The van der Waals surface area contributed by atoms with Gasteiger partial charge in [0.25, 0.3) is 0 Å². The number of aryl methyl sites for hydroxylation is 1. The standard InChI is InChI=1S/C13H14BrN3O/c1-8-7-9(14)3-5-11(8)16-13-10(15)4-6-12(17-13)18-2/h3-7H,15H2,1-2H3,(H,16,17). The third-order valence-corrected chi connectivity index (χ3v) is 3.04. The zero-order valence-electron chi connectivity index (χ0n) is 10.2. The summed E-state index contributed by atoms with van der Waals surface area (Å²) in [6.07, 6.45) is 0. The number of nitrogens with zero attached hydrogens (tertiary/aromatic N) is 1. The van der Waals surface area contributed by atoms with Crippen LogP contribution < -0.4 is 15.8 Å². The fraction of sp³-hybridized carbons (Fsp3) is 0.154. The van der Waals surface area contributed by atoms with E-state index in [0.717, 1.165) is 15.7 Å². The van der Waals surface area contributed by atoms with Gasteiger partial charge in [0.1, 0.15) is 0 Å². The number of ether oxygens (including phenoxy) is 1. The normalized spacial score (nSPS) is 10.2. The van der Waals surface area contributed by atoms with Crippen molar-refractivity contribution in [3.8, 4) is 5.88 Å². The number of rotatable bonds is 3. The molecule has 0 atom stereocenters. The van der Waals surface area contributed by atoms with E-state index in [4.69, 9.17) is 10.5 Å². The highest BCUT2D eigenvalue weighted by Gasteiger charge is 2.06. The molecule has 0 aliphatic rings. The van der Waals surface area contributed by atoms with Crippen molar-refractivity contribution in [2.24, 2.45) is 0 Å². The number of anilines is 3. The average molecular weight is 308 g/mol. The van der Waals surface area contributed by atoms with Crippen LogP contribution in [-0.2, 0) is 0 Å². The molecule has 0 saturated carbocycles. The number of methoxy groups -OCH3 is 1. The number of nitrogens with two attached hydrogens (primary N) is 1. The molecule has 18 heavy (non-hydrogen) atoms. The van der Waals surface area contributed by atoms with Crippen LogP contribution in [0, 0.1) is 6.92 Å². The molecule has 94 valence electrons. The highest BCUT2D eigenvalue weighted by molar-refractivity contribution is 9.10. The number of benzene rings is 1. The Bertz CT molecular complexity index is 572. The molecule has 0 radical (unpaired) electrons. The second kappa shape index (κ2) is 5.27. The van der Waals surface area contributed by atoms with Crippen LogP contribution >= 0.6 is 15.9 Å². The minimum atomic E-state index is 0.529. The minimum Gasteiger partial charge on any atom is -0.481 e. The van der Waals surface area contributed by atoms with Crippen molar-refractivity contribution in [1.29, 1.82) is 0 Å². The van der Waals surface area contributed by atoms with E-state index >= 15 is 0 Å². The number of hydrogen-bond acceptors (Lipinski definition) is 4. The Morgan fingerprint density at radius 3 is 2.72 bits per heavy atom. The van der Waals surface area contributed by atoms with Crippen LogP contribution in [0.4, 0.5) is 17.2 Å². The maximum atomic E-state index is 5.88. The molecule has 4 nitrogen and oxygen atoms in total. The molecule has 0 amide bonds. The van der Waals surface area contributed by atoms with Crippen molar-refractivity contribution >= 4 is 33.1 Å². The van der Waals surface area contributed by atoms with E-state index < -0.39 is 0 Å². The summed E-state index contributed by atoms with van der Waals surface area (Å²) in [5.41, 5.74) is 8.53. The average Bonchev–Trinajstić information content (AvgIpc) is 2.35. The molecular formula is C13H14BrN3O. The van der Waals surface area contributed by atoms with Gasteiger partial charge >= 0.3 is 0 Å². The molecule has 2 aromatic rings. The summed E-state index contributed by atoms with van der Waals surface area (Å²) >= 11 is 3.43. The smallest absolute Gasteiger partial charge is 0.215 e. The summed E-state index contributed by atoms with van der Waals surface area (Å²) in [4.78, 5) is 4.28. The van der Waals surface area contributed by atoms with Gasteiger partial charge in [0.05, 0.1) is 12.8 Å². The van der Waals surface area contributed by atoms with E-state index in [9.17, 15) is 0 Å². The fourth-order valence-electron chi connectivity index (χ4n) is 1.56. The third-order valence-electron chi connectivity index (χ3n) is 2.55. The van der Waals surface area contributed by atoms with Gasteiger partial charge in [0.15, 0.2) is 5.82 Å². The largest absolute Gasteiger partial charge is 0.481 e. The second-order valence-electron chi connectivity index (χ2n) is 3.88. The molecule has 0 aliphatic carbocycles. The van der Waals surface area contributed by atoms with Gasteiger partial charge in [0.2, 0.25) is 5.88 Å². The summed E-state index contributed by atoms with van der Waals surface area (Å²) in [6, 6.07) is 9.46. The summed E-state index contributed by atoms with van der Waals surface area (Å²) in [7, 11) is 1.58. The molecule has 0 unspecified atom stereocenters. The first-order chi connectivity index (χ1) is 8.60. The Labute approximate surface area is 114 Å². The lowest BCUT2D eigenvalue weighted by atomic mass is 10.2. The van der Waals surface area contributed by atoms with Crippen LogP contribution in [0.2, 0.25) is 0 Å². The Morgan fingerprint density at radius 2 is 2.06 bits per heavy atom. The first kappa shape index (κ1) is 12.7. The SMILES string of the molecule is COc1ccc(N)c(Nc2ccc(Br)cc2C)n1. The van der Waals surface area contributed by atoms with Gasteiger partial charge in [-0.15, -0.1) is 0 Å². The molecule has 0 saturated heterocycles. The lowest BCUT2D eigenvalue weighted by Gasteiger charge is -2.12. The molecule has 1 heterocycles. The third kappa shape index (κ3) is 2.73. The van der Waals surface area contributed by atoms with Crippen molar-refractivity contribution in [3.63, 3.8) is 0 Å². The Hall–Kier alpha value is -1.75. The zero-order chi connectivity index (χ0) is 13.1. The Balaban J connectivity index is 2.33. The quantitative estimate of drug-likeness (QED) is 0.911. The molecule has 0 fully saturated rings. The zero-order valence-corrected chi connectivity index (χ0v) is 11.8. The van der Waals surface area contributed by atoms with E-state index in [1.165, 1.54) is 0 Å². The van der Waals surface area contributed by atoms with Crippen LogP contribution in [0.3, 0.4) is 0 Å². The van der Waals surface area contributed by atoms with Gasteiger partial charge in [-0.05, 0) is 36.8 Å². The number of nitrogens with one attached hydrogen (secondary N) is 1. The molecule has 1 aromatic heterocycles. The van der Waals surface area contributed by atoms with E-state index in [0.29, 0.717) is 17.4 Å². The Kier molecular flexibility index (Phi) is 3.72. The number of hydrogen-bond donors (Lipinski definition) is 2. The van der Waals surface area contributed by atoms with Gasteiger partial charge < -0.3 is 15.8 Å². The van der Waals surface area contributed by atoms with E-state index in [1.54, 1.807) is 19.2 Å². The first-order valence-corrected chi connectivity index (χ1v) is 6.23. The maximum absolute atomic E-state index is 5.88. The van der Waals surface area contributed by atoms with Crippen molar-refractivity contribution in [2.75, 3.05) is 18.2 Å². The summed E-state index contributed by atoms with van der Waals surface area (Å²) < 4.78 is 6.12.